The molecule has 0 spiro atoms. The highest BCUT2D eigenvalue weighted by Gasteiger charge is 2.16. The molecule has 0 saturated heterocycles. The topological polar surface area (TPSA) is 75.3 Å². The second kappa shape index (κ2) is 9.22. The lowest BCUT2D eigenvalue weighted by Gasteiger charge is -2.10. The summed E-state index contributed by atoms with van der Waals surface area (Å²) >= 11 is 0. The number of halogens is 3. The third-order valence-electron chi connectivity index (χ3n) is 4.49. The molecule has 3 rings (SSSR count). The number of sulfonamides is 1. The average Bonchev–Trinajstić information content (AvgIpc) is 2.74. The van der Waals surface area contributed by atoms with Crippen molar-refractivity contribution in [3.8, 4) is 0 Å². The SMILES string of the molecule is Cc1ccc(NS(=O)(=O)c2ccc(CCC(=O)Nc3ccc(F)c(F)c3F)cc2)cc1. The summed E-state index contributed by atoms with van der Waals surface area (Å²) in [6, 6.07) is 14.5. The van der Waals surface area contributed by atoms with Gasteiger partial charge in [0.05, 0.1) is 10.6 Å². The molecule has 0 fully saturated rings. The van der Waals surface area contributed by atoms with Gasteiger partial charge >= 0.3 is 0 Å². The lowest BCUT2D eigenvalue weighted by Crippen LogP contribution is -2.14. The smallest absolute Gasteiger partial charge is 0.261 e. The van der Waals surface area contributed by atoms with E-state index in [0.717, 1.165) is 17.7 Å². The number of carbonyl (C=O) groups excluding carboxylic acids is 1. The fourth-order valence-corrected chi connectivity index (χ4v) is 3.82. The van der Waals surface area contributed by atoms with Crippen LogP contribution in [0.25, 0.3) is 0 Å². The first kappa shape index (κ1) is 22.4. The highest BCUT2D eigenvalue weighted by atomic mass is 32.2. The maximum absolute atomic E-state index is 13.6. The van der Waals surface area contributed by atoms with Crippen molar-refractivity contribution in [2.45, 2.75) is 24.7 Å². The van der Waals surface area contributed by atoms with E-state index in [-0.39, 0.29) is 17.7 Å². The molecule has 0 radical (unpaired) electrons. The molecule has 0 aliphatic carbocycles. The second-order valence-electron chi connectivity index (χ2n) is 6.89. The van der Waals surface area contributed by atoms with Crippen LogP contribution >= 0.6 is 0 Å². The van der Waals surface area contributed by atoms with Gasteiger partial charge in [0.2, 0.25) is 5.91 Å². The highest BCUT2D eigenvalue weighted by molar-refractivity contribution is 7.92. The van der Waals surface area contributed by atoms with E-state index < -0.39 is 39.1 Å². The number of nitrogens with one attached hydrogen (secondary N) is 2. The largest absolute Gasteiger partial charge is 0.323 e. The number of carbonyl (C=O) groups is 1. The van der Waals surface area contributed by atoms with Crippen LogP contribution in [0, 0.1) is 24.4 Å². The molecule has 0 aliphatic heterocycles. The van der Waals surface area contributed by atoms with Gasteiger partial charge in [-0.3, -0.25) is 9.52 Å². The first-order valence-electron chi connectivity index (χ1n) is 9.27. The van der Waals surface area contributed by atoms with Crippen molar-refractivity contribution in [2.24, 2.45) is 0 Å². The number of hydrogen-bond donors (Lipinski definition) is 2. The van der Waals surface area contributed by atoms with E-state index in [1.165, 1.54) is 12.1 Å². The Kier molecular flexibility index (Phi) is 6.65. The third-order valence-corrected chi connectivity index (χ3v) is 5.88. The first-order chi connectivity index (χ1) is 14.7. The Morgan fingerprint density at radius 1 is 0.871 bits per heavy atom. The first-order valence-corrected chi connectivity index (χ1v) is 10.8. The lowest BCUT2D eigenvalue weighted by atomic mass is 10.1. The Morgan fingerprint density at radius 3 is 2.16 bits per heavy atom. The minimum absolute atomic E-state index is 0.0603. The number of anilines is 2. The molecule has 0 aliphatic rings. The van der Waals surface area contributed by atoms with Crippen LogP contribution in [0.4, 0.5) is 24.5 Å². The number of aryl methyl sites for hydroxylation is 2. The summed E-state index contributed by atoms with van der Waals surface area (Å²) in [7, 11) is -3.76. The minimum atomic E-state index is -3.76. The van der Waals surface area contributed by atoms with Gasteiger partial charge in [0, 0.05) is 12.1 Å². The van der Waals surface area contributed by atoms with Gasteiger partial charge in [0.1, 0.15) is 0 Å². The molecule has 0 atom stereocenters. The van der Waals surface area contributed by atoms with Crippen molar-refractivity contribution in [1.82, 2.24) is 0 Å². The highest BCUT2D eigenvalue weighted by Crippen LogP contribution is 2.21. The number of hydrogen-bond acceptors (Lipinski definition) is 3. The van der Waals surface area contributed by atoms with Crippen molar-refractivity contribution in [3.05, 3.63) is 89.2 Å². The number of amides is 1. The van der Waals surface area contributed by atoms with Crippen LogP contribution in [0.3, 0.4) is 0 Å². The maximum Gasteiger partial charge on any atom is 0.261 e. The minimum Gasteiger partial charge on any atom is -0.323 e. The Hall–Kier alpha value is -3.33. The van der Waals surface area contributed by atoms with E-state index in [1.54, 1.807) is 36.4 Å². The Labute approximate surface area is 178 Å². The molecule has 0 bridgehead atoms. The summed E-state index contributed by atoms with van der Waals surface area (Å²) in [5.41, 5.74) is 1.67. The third kappa shape index (κ3) is 5.64. The quantitative estimate of drug-likeness (QED) is 0.511. The molecular formula is C22H19F3N2O3S. The normalized spacial score (nSPS) is 11.2. The summed E-state index contributed by atoms with van der Waals surface area (Å²) in [5, 5.41) is 2.19. The van der Waals surface area contributed by atoms with E-state index in [2.05, 4.69) is 10.0 Å². The van der Waals surface area contributed by atoms with Gasteiger partial charge in [-0.25, -0.2) is 21.6 Å². The molecule has 5 nitrogen and oxygen atoms in total. The zero-order valence-corrected chi connectivity index (χ0v) is 17.3. The van der Waals surface area contributed by atoms with Gasteiger partial charge < -0.3 is 5.32 Å². The molecule has 0 saturated carbocycles. The van der Waals surface area contributed by atoms with E-state index in [1.807, 2.05) is 6.92 Å². The fraction of sp³-hybridized carbons (Fsp3) is 0.136. The van der Waals surface area contributed by atoms with E-state index in [0.29, 0.717) is 11.3 Å². The summed E-state index contributed by atoms with van der Waals surface area (Å²) < 4.78 is 67.3. The van der Waals surface area contributed by atoms with Gasteiger partial charge in [0.25, 0.3) is 10.0 Å². The molecule has 31 heavy (non-hydrogen) atoms. The molecule has 0 aromatic heterocycles. The van der Waals surface area contributed by atoms with Gasteiger partial charge in [0.15, 0.2) is 17.5 Å². The molecule has 3 aromatic carbocycles. The van der Waals surface area contributed by atoms with Gasteiger partial charge in [-0.2, -0.15) is 0 Å². The van der Waals surface area contributed by atoms with E-state index in [4.69, 9.17) is 0 Å². The fourth-order valence-electron chi connectivity index (χ4n) is 2.76. The summed E-state index contributed by atoms with van der Waals surface area (Å²) in [6.07, 6.45) is 0.176. The van der Waals surface area contributed by atoms with Crippen LogP contribution in [0.5, 0.6) is 0 Å². The van der Waals surface area contributed by atoms with Crippen molar-refractivity contribution in [2.75, 3.05) is 10.0 Å². The zero-order valence-electron chi connectivity index (χ0n) is 16.5. The van der Waals surface area contributed by atoms with Gasteiger partial charge in [-0.1, -0.05) is 29.8 Å². The molecule has 1 amide bonds. The number of benzene rings is 3. The summed E-state index contributed by atoms with van der Waals surface area (Å²) in [4.78, 5) is 12.0. The Balaban J connectivity index is 1.59. The second-order valence-corrected chi connectivity index (χ2v) is 8.57. The van der Waals surface area contributed by atoms with Crippen molar-refractivity contribution < 1.29 is 26.4 Å². The summed E-state index contributed by atoms with van der Waals surface area (Å²) in [5.74, 6) is -5.07. The van der Waals surface area contributed by atoms with Gasteiger partial charge in [-0.05, 0) is 55.3 Å². The van der Waals surface area contributed by atoms with Crippen molar-refractivity contribution in [1.29, 1.82) is 0 Å². The standard InChI is InChI=1S/C22H19F3N2O3S/c1-14-2-7-16(8-3-14)27-31(29,30)17-9-4-15(5-10-17)6-13-20(28)26-19-12-11-18(23)21(24)22(19)25/h2-5,7-12,27H,6,13H2,1H3,(H,26,28). The molecular weight excluding hydrogens is 429 g/mol. The van der Waals surface area contributed by atoms with Crippen LogP contribution < -0.4 is 10.0 Å². The number of rotatable bonds is 7. The monoisotopic (exact) mass is 448 g/mol. The Bertz CT molecular complexity index is 1200. The molecule has 162 valence electrons. The van der Waals surface area contributed by atoms with E-state index >= 15 is 0 Å². The average molecular weight is 448 g/mol. The van der Waals surface area contributed by atoms with Crippen LogP contribution in [-0.2, 0) is 21.2 Å². The molecule has 0 unspecified atom stereocenters. The van der Waals surface area contributed by atoms with Gasteiger partial charge in [-0.15, -0.1) is 0 Å². The molecule has 2 N–H and O–H groups in total. The predicted molar refractivity (Wildman–Crippen MR) is 112 cm³/mol. The van der Waals surface area contributed by atoms with Crippen molar-refractivity contribution >= 4 is 27.3 Å². The Morgan fingerprint density at radius 2 is 1.52 bits per heavy atom. The lowest BCUT2D eigenvalue weighted by molar-refractivity contribution is -0.116. The molecule has 0 heterocycles. The maximum atomic E-state index is 13.6. The van der Waals surface area contributed by atoms with Crippen LogP contribution in [0.15, 0.2) is 65.6 Å². The van der Waals surface area contributed by atoms with Crippen molar-refractivity contribution in [3.63, 3.8) is 0 Å². The van der Waals surface area contributed by atoms with Crippen LogP contribution in [0.2, 0.25) is 0 Å². The molecule has 9 heteroatoms. The van der Waals surface area contributed by atoms with Crippen LogP contribution in [0.1, 0.15) is 17.5 Å². The van der Waals surface area contributed by atoms with E-state index in [9.17, 15) is 26.4 Å². The van der Waals surface area contributed by atoms with Crippen LogP contribution in [-0.4, -0.2) is 14.3 Å². The predicted octanol–water partition coefficient (Wildman–Crippen LogP) is 4.78. The summed E-state index contributed by atoms with van der Waals surface area (Å²) in [6.45, 7) is 1.89. The zero-order chi connectivity index (χ0) is 22.6. The molecule has 3 aromatic rings.